The van der Waals surface area contributed by atoms with Gasteiger partial charge in [-0.1, -0.05) is 0 Å². The van der Waals surface area contributed by atoms with E-state index in [9.17, 15) is 8.42 Å². The zero-order chi connectivity index (χ0) is 12.3. The average Bonchev–Trinajstić information content (AvgIpc) is 2.30. The van der Waals surface area contributed by atoms with Crippen LogP contribution in [0.5, 0.6) is 0 Å². The van der Waals surface area contributed by atoms with Crippen LogP contribution in [0.4, 0.5) is 5.95 Å². The van der Waals surface area contributed by atoms with Gasteiger partial charge in [0.2, 0.25) is 16.0 Å². The minimum absolute atomic E-state index is 0.246. The number of aromatic nitrogens is 2. The first-order chi connectivity index (χ1) is 8.05. The molecule has 0 spiro atoms. The summed E-state index contributed by atoms with van der Waals surface area (Å²) in [4.78, 5) is 8.17. The van der Waals surface area contributed by atoms with Crippen molar-refractivity contribution in [3.8, 4) is 0 Å². The molecule has 0 aliphatic carbocycles. The molecule has 94 valence electrons. The molecule has 1 aromatic rings. The van der Waals surface area contributed by atoms with Gasteiger partial charge < -0.3 is 5.32 Å². The third kappa shape index (κ3) is 3.37. The third-order valence-corrected chi connectivity index (χ3v) is 4.13. The fourth-order valence-corrected chi connectivity index (χ4v) is 2.76. The predicted octanol–water partition coefficient (Wildman–Crippen LogP) is 0.312. The van der Waals surface area contributed by atoms with Gasteiger partial charge in [0, 0.05) is 31.5 Å². The first-order valence-corrected chi connectivity index (χ1v) is 7.39. The molecule has 1 fully saturated rings. The summed E-state index contributed by atoms with van der Waals surface area (Å²) in [6.45, 7) is 1.12. The SMILES string of the molecule is CS(=O)(=O)N1CCC(Nc2ncccn2)CC1. The normalized spacial score (nSPS) is 19.1. The quantitative estimate of drug-likeness (QED) is 0.842. The fraction of sp³-hybridized carbons (Fsp3) is 0.600. The maximum Gasteiger partial charge on any atom is 0.222 e. The monoisotopic (exact) mass is 256 g/mol. The van der Waals surface area contributed by atoms with E-state index in [0.29, 0.717) is 19.0 Å². The van der Waals surface area contributed by atoms with E-state index >= 15 is 0 Å². The Morgan fingerprint density at radius 2 is 1.88 bits per heavy atom. The van der Waals surface area contributed by atoms with Crippen molar-refractivity contribution in [2.75, 3.05) is 24.7 Å². The van der Waals surface area contributed by atoms with Gasteiger partial charge >= 0.3 is 0 Å². The molecular formula is C10H16N4O2S. The maximum absolute atomic E-state index is 11.3. The highest BCUT2D eigenvalue weighted by Crippen LogP contribution is 2.15. The lowest BCUT2D eigenvalue weighted by Gasteiger charge is -2.30. The molecule has 2 heterocycles. The van der Waals surface area contributed by atoms with Crippen molar-refractivity contribution in [1.82, 2.24) is 14.3 Å². The van der Waals surface area contributed by atoms with Gasteiger partial charge in [0.25, 0.3) is 0 Å². The van der Waals surface area contributed by atoms with E-state index in [1.165, 1.54) is 10.6 Å². The van der Waals surface area contributed by atoms with Crippen LogP contribution in [0.1, 0.15) is 12.8 Å². The molecule has 1 saturated heterocycles. The van der Waals surface area contributed by atoms with Gasteiger partial charge in [-0.05, 0) is 18.9 Å². The van der Waals surface area contributed by atoms with Crippen molar-refractivity contribution >= 4 is 16.0 Å². The average molecular weight is 256 g/mol. The first kappa shape index (κ1) is 12.3. The number of hydrogen-bond acceptors (Lipinski definition) is 5. The second kappa shape index (κ2) is 4.97. The zero-order valence-electron chi connectivity index (χ0n) is 9.70. The summed E-state index contributed by atoms with van der Waals surface area (Å²) in [5, 5.41) is 3.21. The van der Waals surface area contributed by atoms with Gasteiger partial charge in [0.05, 0.1) is 6.26 Å². The minimum Gasteiger partial charge on any atom is -0.351 e. The molecule has 0 atom stereocenters. The summed E-state index contributed by atoms with van der Waals surface area (Å²) in [7, 11) is -3.05. The molecule has 2 rings (SSSR count). The van der Waals surface area contributed by atoms with Crippen LogP contribution in [-0.2, 0) is 10.0 Å². The molecule has 0 saturated carbocycles. The van der Waals surface area contributed by atoms with E-state index in [-0.39, 0.29) is 6.04 Å². The molecule has 1 N–H and O–H groups in total. The van der Waals surface area contributed by atoms with Crippen LogP contribution in [0.2, 0.25) is 0 Å². The van der Waals surface area contributed by atoms with Gasteiger partial charge in [-0.15, -0.1) is 0 Å². The van der Waals surface area contributed by atoms with Crippen LogP contribution in [0.15, 0.2) is 18.5 Å². The minimum atomic E-state index is -3.05. The molecule has 0 aromatic carbocycles. The molecular weight excluding hydrogens is 240 g/mol. The van der Waals surface area contributed by atoms with E-state index in [4.69, 9.17) is 0 Å². The number of sulfonamides is 1. The Balaban J connectivity index is 1.88. The Morgan fingerprint density at radius 1 is 1.29 bits per heavy atom. The molecule has 1 aliphatic rings. The number of anilines is 1. The van der Waals surface area contributed by atoms with Crippen molar-refractivity contribution in [2.45, 2.75) is 18.9 Å². The van der Waals surface area contributed by atoms with Crippen LogP contribution in [0.25, 0.3) is 0 Å². The predicted molar refractivity (Wildman–Crippen MR) is 65.1 cm³/mol. The Morgan fingerprint density at radius 3 is 2.41 bits per heavy atom. The standard InChI is InChI=1S/C10H16N4O2S/c1-17(15,16)14-7-3-9(4-8-14)13-10-11-5-2-6-12-10/h2,5-6,9H,3-4,7-8H2,1H3,(H,11,12,13). The molecule has 7 heteroatoms. The van der Waals surface area contributed by atoms with Crippen LogP contribution in [-0.4, -0.2) is 48.1 Å². The Hall–Kier alpha value is -1.21. The summed E-state index contributed by atoms with van der Waals surface area (Å²) in [6.07, 6.45) is 6.18. The van der Waals surface area contributed by atoms with Crippen molar-refractivity contribution in [2.24, 2.45) is 0 Å². The van der Waals surface area contributed by atoms with E-state index in [0.717, 1.165) is 12.8 Å². The lowest BCUT2D eigenvalue weighted by Crippen LogP contribution is -2.42. The van der Waals surface area contributed by atoms with Crippen LogP contribution < -0.4 is 5.32 Å². The molecule has 0 bridgehead atoms. The molecule has 1 aliphatic heterocycles. The number of rotatable bonds is 3. The summed E-state index contributed by atoms with van der Waals surface area (Å²) in [5.74, 6) is 0.602. The van der Waals surface area contributed by atoms with Gasteiger partial charge in [-0.25, -0.2) is 22.7 Å². The van der Waals surface area contributed by atoms with E-state index in [2.05, 4.69) is 15.3 Å². The fourth-order valence-electron chi connectivity index (χ4n) is 1.89. The Labute approximate surface area is 101 Å². The van der Waals surface area contributed by atoms with Gasteiger partial charge in [0.15, 0.2) is 0 Å². The molecule has 0 unspecified atom stereocenters. The molecule has 1 aromatic heterocycles. The number of nitrogens with one attached hydrogen (secondary N) is 1. The Kier molecular flexibility index (Phi) is 3.58. The highest BCUT2D eigenvalue weighted by atomic mass is 32.2. The van der Waals surface area contributed by atoms with Crippen LogP contribution in [0.3, 0.4) is 0 Å². The largest absolute Gasteiger partial charge is 0.351 e. The lowest BCUT2D eigenvalue weighted by molar-refractivity contribution is 0.331. The van der Waals surface area contributed by atoms with E-state index in [1.54, 1.807) is 18.5 Å². The van der Waals surface area contributed by atoms with Crippen molar-refractivity contribution in [1.29, 1.82) is 0 Å². The molecule has 17 heavy (non-hydrogen) atoms. The second-order valence-corrected chi connectivity index (χ2v) is 6.14. The van der Waals surface area contributed by atoms with Gasteiger partial charge in [0.1, 0.15) is 0 Å². The smallest absolute Gasteiger partial charge is 0.222 e. The van der Waals surface area contributed by atoms with Gasteiger partial charge in [-0.2, -0.15) is 0 Å². The molecule has 6 nitrogen and oxygen atoms in total. The first-order valence-electron chi connectivity index (χ1n) is 5.54. The summed E-state index contributed by atoms with van der Waals surface area (Å²) in [5.41, 5.74) is 0. The van der Waals surface area contributed by atoms with Crippen molar-refractivity contribution < 1.29 is 8.42 Å². The van der Waals surface area contributed by atoms with E-state index < -0.39 is 10.0 Å². The summed E-state index contributed by atoms with van der Waals surface area (Å²) < 4.78 is 24.2. The molecule has 0 radical (unpaired) electrons. The van der Waals surface area contributed by atoms with E-state index in [1.807, 2.05) is 0 Å². The Bertz CT molecular complexity index is 454. The number of hydrogen-bond donors (Lipinski definition) is 1. The summed E-state index contributed by atoms with van der Waals surface area (Å²) in [6, 6.07) is 2.01. The van der Waals surface area contributed by atoms with Gasteiger partial charge in [-0.3, -0.25) is 0 Å². The topological polar surface area (TPSA) is 75.2 Å². The van der Waals surface area contributed by atoms with Crippen LogP contribution in [0, 0.1) is 0 Å². The number of nitrogens with zero attached hydrogens (tertiary/aromatic N) is 3. The third-order valence-electron chi connectivity index (χ3n) is 2.82. The maximum atomic E-state index is 11.3. The van der Waals surface area contributed by atoms with Crippen LogP contribution >= 0.6 is 0 Å². The highest BCUT2D eigenvalue weighted by molar-refractivity contribution is 7.88. The summed E-state index contributed by atoms with van der Waals surface area (Å²) >= 11 is 0. The lowest BCUT2D eigenvalue weighted by atomic mass is 10.1. The van der Waals surface area contributed by atoms with Crippen molar-refractivity contribution in [3.63, 3.8) is 0 Å². The molecule has 0 amide bonds. The number of piperidine rings is 1. The second-order valence-electron chi connectivity index (χ2n) is 4.15. The highest BCUT2D eigenvalue weighted by Gasteiger charge is 2.24. The zero-order valence-corrected chi connectivity index (χ0v) is 10.5. The van der Waals surface area contributed by atoms with Crippen molar-refractivity contribution in [3.05, 3.63) is 18.5 Å².